The molecule has 0 radical (unpaired) electrons. The smallest absolute Gasteiger partial charge is 0 e. The molecular formula is C8H18Zr. The molecule has 0 fully saturated rings. The first kappa shape index (κ1) is 12.5. The number of hydrogen-bond donors (Lipinski definition) is 0. The van der Waals surface area contributed by atoms with E-state index in [1.54, 1.807) is 0 Å². The van der Waals surface area contributed by atoms with Gasteiger partial charge in [-0.1, -0.05) is 52.4 Å². The van der Waals surface area contributed by atoms with Crippen molar-refractivity contribution >= 4 is 0 Å². The Morgan fingerprint density at radius 1 is 0.667 bits per heavy atom. The molecular weight excluding hydrogens is 187 g/mol. The molecule has 0 heterocycles. The molecule has 0 aliphatic carbocycles. The summed E-state index contributed by atoms with van der Waals surface area (Å²) in [5.74, 6) is 0. The van der Waals surface area contributed by atoms with Gasteiger partial charge in [0.25, 0.3) is 0 Å². The molecule has 0 bridgehead atoms. The van der Waals surface area contributed by atoms with Gasteiger partial charge >= 0.3 is 0 Å². The van der Waals surface area contributed by atoms with Crippen molar-refractivity contribution in [3.63, 3.8) is 0 Å². The van der Waals surface area contributed by atoms with Gasteiger partial charge in [0.1, 0.15) is 0 Å². The van der Waals surface area contributed by atoms with Crippen LogP contribution < -0.4 is 0 Å². The van der Waals surface area contributed by atoms with Gasteiger partial charge in [0.05, 0.1) is 0 Å². The Labute approximate surface area is 78.5 Å². The molecule has 0 saturated heterocycles. The maximum absolute atomic E-state index is 2.26. The first-order valence-corrected chi connectivity index (χ1v) is 3.91. The van der Waals surface area contributed by atoms with E-state index in [1.807, 2.05) is 0 Å². The maximum atomic E-state index is 2.26. The predicted octanol–water partition coefficient (Wildman–Crippen LogP) is 3.36. The molecule has 0 N–H and O–H groups in total. The van der Waals surface area contributed by atoms with E-state index in [4.69, 9.17) is 0 Å². The zero-order valence-electron chi connectivity index (χ0n) is 6.74. The Morgan fingerprint density at radius 3 is 1.22 bits per heavy atom. The summed E-state index contributed by atoms with van der Waals surface area (Å²) in [6.07, 6.45) is 8.49. The molecule has 0 unspecified atom stereocenters. The van der Waals surface area contributed by atoms with Crippen molar-refractivity contribution in [2.45, 2.75) is 52.4 Å². The Balaban J connectivity index is 0. The Morgan fingerprint density at radius 2 is 1.00 bits per heavy atom. The molecule has 0 rings (SSSR count). The molecule has 0 saturated carbocycles. The normalized spacial score (nSPS) is 8.67. The Bertz CT molecular complexity index is 29.5. The zero-order valence-corrected chi connectivity index (χ0v) is 9.20. The third kappa shape index (κ3) is 12.2. The molecule has 0 aliphatic rings. The van der Waals surface area contributed by atoms with Gasteiger partial charge in [-0.15, -0.1) is 0 Å². The van der Waals surface area contributed by atoms with E-state index in [-0.39, 0.29) is 26.2 Å². The number of unbranched alkanes of at least 4 members (excludes halogenated alkanes) is 5. The summed E-state index contributed by atoms with van der Waals surface area (Å²) in [5, 5.41) is 0. The van der Waals surface area contributed by atoms with E-state index >= 15 is 0 Å². The second-order valence-corrected chi connectivity index (χ2v) is 2.41. The summed E-state index contributed by atoms with van der Waals surface area (Å²) in [7, 11) is 0. The Hall–Kier alpha value is 0.883. The van der Waals surface area contributed by atoms with E-state index in [2.05, 4.69) is 13.8 Å². The molecule has 0 aromatic heterocycles. The van der Waals surface area contributed by atoms with Gasteiger partial charge < -0.3 is 0 Å². The van der Waals surface area contributed by atoms with Gasteiger partial charge in [-0.25, -0.2) is 0 Å². The molecule has 0 aromatic rings. The van der Waals surface area contributed by atoms with Crippen LogP contribution in [0.1, 0.15) is 52.4 Å². The van der Waals surface area contributed by atoms with Crippen LogP contribution in [0.15, 0.2) is 0 Å². The largest absolute Gasteiger partial charge is 0.0654 e. The predicted molar refractivity (Wildman–Crippen MR) is 39.0 cm³/mol. The minimum atomic E-state index is 0. The van der Waals surface area contributed by atoms with Crippen LogP contribution in [0.3, 0.4) is 0 Å². The topological polar surface area (TPSA) is 0 Å². The summed E-state index contributed by atoms with van der Waals surface area (Å²) in [6.45, 7) is 4.51. The van der Waals surface area contributed by atoms with Gasteiger partial charge in [0, 0.05) is 26.2 Å². The first-order valence-electron chi connectivity index (χ1n) is 3.91. The van der Waals surface area contributed by atoms with Crippen LogP contribution in [0.2, 0.25) is 0 Å². The van der Waals surface area contributed by atoms with Crippen molar-refractivity contribution in [1.82, 2.24) is 0 Å². The van der Waals surface area contributed by atoms with Crippen molar-refractivity contribution in [3.05, 3.63) is 0 Å². The van der Waals surface area contributed by atoms with Crippen molar-refractivity contribution in [2.75, 3.05) is 0 Å². The van der Waals surface area contributed by atoms with Crippen LogP contribution in [0.25, 0.3) is 0 Å². The first-order chi connectivity index (χ1) is 3.91. The van der Waals surface area contributed by atoms with Crippen LogP contribution >= 0.6 is 0 Å². The van der Waals surface area contributed by atoms with Crippen LogP contribution in [-0.4, -0.2) is 0 Å². The van der Waals surface area contributed by atoms with Gasteiger partial charge in [-0.3, -0.25) is 0 Å². The van der Waals surface area contributed by atoms with E-state index in [9.17, 15) is 0 Å². The van der Waals surface area contributed by atoms with Crippen molar-refractivity contribution < 1.29 is 26.2 Å². The fourth-order valence-corrected chi connectivity index (χ4v) is 0.854. The average Bonchev–Trinajstić information content (AvgIpc) is 1.81. The van der Waals surface area contributed by atoms with Crippen LogP contribution in [-0.2, 0) is 26.2 Å². The zero-order chi connectivity index (χ0) is 6.24. The SMILES string of the molecule is CCCCCCCC.[Zr]. The van der Waals surface area contributed by atoms with E-state index in [1.165, 1.54) is 38.5 Å². The molecule has 0 nitrogen and oxygen atoms in total. The second kappa shape index (κ2) is 11.7. The second-order valence-electron chi connectivity index (χ2n) is 2.41. The molecule has 9 heavy (non-hydrogen) atoms. The van der Waals surface area contributed by atoms with Gasteiger partial charge in [-0.2, -0.15) is 0 Å². The third-order valence-electron chi connectivity index (χ3n) is 1.46. The van der Waals surface area contributed by atoms with Gasteiger partial charge in [-0.05, 0) is 0 Å². The fourth-order valence-electron chi connectivity index (χ4n) is 0.854. The van der Waals surface area contributed by atoms with Crippen molar-refractivity contribution in [3.8, 4) is 0 Å². The molecule has 1 heteroatoms. The van der Waals surface area contributed by atoms with E-state index in [0.717, 1.165) is 0 Å². The summed E-state index contributed by atoms with van der Waals surface area (Å²) in [4.78, 5) is 0. The average molecular weight is 205 g/mol. The fraction of sp³-hybridized carbons (Fsp3) is 1.00. The van der Waals surface area contributed by atoms with Crippen LogP contribution in [0.4, 0.5) is 0 Å². The summed E-state index contributed by atoms with van der Waals surface area (Å²) >= 11 is 0. The summed E-state index contributed by atoms with van der Waals surface area (Å²) in [5.41, 5.74) is 0. The molecule has 0 aliphatic heterocycles. The van der Waals surface area contributed by atoms with Crippen LogP contribution in [0, 0.1) is 0 Å². The van der Waals surface area contributed by atoms with Crippen LogP contribution in [0.5, 0.6) is 0 Å². The Kier molecular flexibility index (Phi) is 16.2. The van der Waals surface area contributed by atoms with Crippen molar-refractivity contribution in [2.24, 2.45) is 0 Å². The van der Waals surface area contributed by atoms with Crippen molar-refractivity contribution in [1.29, 1.82) is 0 Å². The quantitative estimate of drug-likeness (QED) is 0.604. The van der Waals surface area contributed by atoms with Gasteiger partial charge in [0.15, 0.2) is 0 Å². The minimum absolute atomic E-state index is 0. The van der Waals surface area contributed by atoms with Gasteiger partial charge in [0.2, 0.25) is 0 Å². The van der Waals surface area contributed by atoms with E-state index < -0.39 is 0 Å². The summed E-state index contributed by atoms with van der Waals surface area (Å²) < 4.78 is 0. The molecule has 54 valence electrons. The molecule has 0 atom stereocenters. The standard InChI is InChI=1S/C8H18.Zr/c1-3-5-7-8-6-4-2;/h3-8H2,1-2H3;. The third-order valence-corrected chi connectivity index (χ3v) is 1.46. The maximum Gasteiger partial charge on any atom is 0 e. The van der Waals surface area contributed by atoms with E-state index in [0.29, 0.717) is 0 Å². The summed E-state index contributed by atoms with van der Waals surface area (Å²) in [6, 6.07) is 0. The monoisotopic (exact) mass is 204 g/mol. The number of hydrogen-bond acceptors (Lipinski definition) is 0. The molecule has 0 aromatic carbocycles. The molecule has 0 spiro atoms. The number of rotatable bonds is 5. The molecule has 0 amide bonds. The minimum Gasteiger partial charge on any atom is -0.0654 e.